The number of amides is 1. The zero-order valence-electron chi connectivity index (χ0n) is 4.71. The SMILES string of the molecule is N=C1C(=O)NN=C1C(=O)O. The van der Waals surface area contributed by atoms with Crippen molar-refractivity contribution in [1.82, 2.24) is 5.43 Å². The van der Waals surface area contributed by atoms with E-state index in [9.17, 15) is 9.59 Å². The Morgan fingerprint density at radius 1 is 1.70 bits per heavy atom. The van der Waals surface area contributed by atoms with Gasteiger partial charge < -0.3 is 5.11 Å². The smallest absolute Gasteiger partial charge is 0.358 e. The Morgan fingerprint density at radius 3 is 2.50 bits per heavy atom. The van der Waals surface area contributed by atoms with E-state index in [1.165, 1.54) is 0 Å². The molecule has 6 heteroatoms. The molecule has 1 heterocycles. The molecule has 3 N–H and O–H groups in total. The van der Waals surface area contributed by atoms with Gasteiger partial charge in [0.05, 0.1) is 0 Å². The highest BCUT2D eigenvalue weighted by Gasteiger charge is 2.27. The standard InChI is InChI=1S/C4H3N3O3/c5-1-2(4(9)10)6-7-3(1)8/h(H,9,10)(H2,5,7,8). The first-order valence-corrected chi connectivity index (χ1v) is 2.33. The second-order valence-corrected chi connectivity index (χ2v) is 1.58. The predicted molar refractivity (Wildman–Crippen MR) is 30.9 cm³/mol. The van der Waals surface area contributed by atoms with Crippen molar-refractivity contribution in [3.8, 4) is 0 Å². The minimum absolute atomic E-state index is 0.537. The van der Waals surface area contributed by atoms with Crippen molar-refractivity contribution in [2.75, 3.05) is 0 Å². The first-order valence-electron chi connectivity index (χ1n) is 2.33. The Labute approximate surface area is 55.0 Å². The van der Waals surface area contributed by atoms with Gasteiger partial charge in [-0.3, -0.25) is 10.2 Å². The summed E-state index contributed by atoms with van der Waals surface area (Å²) in [4.78, 5) is 20.5. The van der Waals surface area contributed by atoms with Crippen LogP contribution in [0, 0.1) is 5.41 Å². The lowest BCUT2D eigenvalue weighted by molar-refractivity contribution is -0.129. The summed E-state index contributed by atoms with van der Waals surface area (Å²) in [6.07, 6.45) is 0. The quantitative estimate of drug-likeness (QED) is 0.417. The van der Waals surface area contributed by atoms with E-state index < -0.39 is 23.3 Å². The van der Waals surface area contributed by atoms with Gasteiger partial charge in [0.1, 0.15) is 0 Å². The van der Waals surface area contributed by atoms with Gasteiger partial charge >= 0.3 is 5.97 Å². The van der Waals surface area contributed by atoms with Crippen LogP contribution in [0.1, 0.15) is 0 Å². The van der Waals surface area contributed by atoms with Crippen molar-refractivity contribution in [1.29, 1.82) is 5.41 Å². The summed E-state index contributed by atoms with van der Waals surface area (Å²) < 4.78 is 0. The molecule has 0 unspecified atom stereocenters. The fourth-order valence-corrected chi connectivity index (χ4v) is 0.481. The fraction of sp³-hybridized carbons (Fsp3) is 0. The van der Waals surface area contributed by atoms with Crippen LogP contribution in [0.4, 0.5) is 0 Å². The second kappa shape index (κ2) is 1.90. The molecule has 0 saturated heterocycles. The lowest BCUT2D eigenvalue weighted by Gasteiger charge is -1.85. The number of nitrogens with zero attached hydrogens (tertiary/aromatic N) is 1. The van der Waals surface area contributed by atoms with Gasteiger partial charge in [-0.1, -0.05) is 0 Å². The predicted octanol–water partition coefficient (Wildman–Crippen LogP) is -1.42. The number of hydrazone groups is 1. The van der Waals surface area contributed by atoms with E-state index in [2.05, 4.69) is 5.10 Å². The first-order chi connectivity index (χ1) is 4.63. The number of hydrogen-bond acceptors (Lipinski definition) is 4. The van der Waals surface area contributed by atoms with Gasteiger partial charge in [-0.15, -0.1) is 0 Å². The van der Waals surface area contributed by atoms with Crippen molar-refractivity contribution in [2.24, 2.45) is 5.10 Å². The van der Waals surface area contributed by atoms with Crippen LogP contribution < -0.4 is 5.43 Å². The molecular formula is C4H3N3O3. The first kappa shape index (κ1) is 6.40. The maximum Gasteiger partial charge on any atom is 0.358 e. The Balaban J connectivity index is 2.92. The van der Waals surface area contributed by atoms with Gasteiger partial charge in [0.15, 0.2) is 11.4 Å². The zero-order chi connectivity index (χ0) is 7.72. The average molecular weight is 141 g/mol. The molecule has 10 heavy (non-hydrogen) atoms. The van der Waals surface area contributed by atoms with Gasteiger partial charge in [-0.25, -0.2) is 10.2 Å². The van der Waals surface area contributed by atoms with E-state index in [1.54, 1.807) is 0 Å². The normalized spacial score (nSPS) is 16.6. The molecule has 52 valence electrons. The summed E-state index contributed by atoms with van der Waals surface area (Å²) in [5.74, 6) is -2.15. The number of carbonyl (C=O) groups is 2. The molecule has 0 fully saturated rings. The van der Waals surface area contributed by atoms with E-state index in [0.29, 0.717) is 0 Å². The third kappa shape index (κ3) is 0.750. The molecule has 0 spiro atoms. The number of hydrogen-bond donors (Lipinski definition) is 3. The van der Waals surface area contributed by atoms with Crippen LogP contribution >= 0.6 is 0 Å². The highest BCUT2D eigenvalue weighted by atomic mass is 16.4. The van der Waals surface area contributed by atoms with Crippen LogP contribution in [0.5, 0.6) is 0 Å². The number of nitrogens with one attached hydrogen (secondary N) is 2. The molecule has 0 aliphatic carbocycles. The lowest BCUT2D eigenvalue weighted by Crippen LogP contribution is -2.26. The summed E-state index contributed by atoms with van der Waals surface area (Å²) in [5, 5.41) is 18.1. The van der Waals surface area contributed by atoms with Crippen LogP contribution in [-0.2, 0) is 9.59 Å². The molecule has 1 rings (SSSR count). The number of rotatable bonds is 1. The lowest BCUT2D eigenvalue weighted by atomic mass is 10.2. The van der Waals surface area contributed by atoms with Crippen molar-refractivity contribution in [2.45, 2.75) is 0 Å². The van der Waals surface area contributed by atoms with Gasteiger partial charge in [0, 0.05) is 0 Å². The average Bonchev–Trinajstić information content (AvgIpc) is 2.14. The van der Waals surface area contributed by atoms with Crippen molar-refractivity contribution < 1.29 is 14.7 Å². The highest BCUT2D eigenvalue weighted by Crippen LogP contribution is 1.90. The highest BCUT2D eigenvalue weighted by molar-refractivity contribution is 6.80. The molecule has 1 aliphatic rings. The molecule has 0 aromatic heterocycles. The summed E-state index contributed by atoms with van der Waals surface area (Å²) in [6.45, 7) is 0. The summed E-state index contributed by atoms with van der Waals surface area (Å²) >= 11 is 0. The third-order valence-electron chi connectivity index (χ3n) is 0.936. The summed E-state index contributed by atoms with van der Waals surface area (Å²) in [6, 6.07) is 0. The van der Waals surface area contributed by atoms with E-state index in [4.69, 9.17) is 10.5 Å². The molecule has 1 amide bonds. The van der Waals surface area contributed by atoms with Gasteiger partial charge in [0.2, 0.25) is 0 Å². The molecule has 0 radical (unpaired) electrons. The van der Waals surface area contributed by atoms with E-state index >= 15 is 0 Å². The number of carboxylic acids is 1. The van der Waals surface area contributed by atoms with Gasteiger partial charge in [-0.2, -0.15) is 5.10 Å². The van der Waals surface area contributed by atoms with Crippen LogP contribution in [-0.4, -0.2) is 28.4 Å². The maximum atomic E-state index is 10.4. The molecule has 0 bridgehead atoms. The van der Waals surface area contributed by atoms with Crippen molar-refractivity contribution in [3.05, 3.63) is 0 Å². The molecular weight excluding hydrogens is 138 g/mol. The molecule has 0 aromatic rings. The molecule has 6 nitrogen and oxygen atoms in total. The van der Waals surface area contributed by atoms with E-state index in [1.807, 2.05) is 5.43 Å². The Kier molecular flexibility index (Phi) is 1.22. The number of aliphatic carboxylic acids is 1. The van der Waals surface area contributed by atoms with Gasteiger partial charge in [-0.05, 0) is 0 Å². The molecule has 0 saturated carbocycles. The van der Waals surface area contributed by atoms with Crippen molar-refractivity contribution >= 4 is 23.3 Å². The fourth-order valence-electron chi connectivity index (χ4n) is 0.481. The largest absolute Gasteiger partial charge is 0.476 e. The molecule has 0 aromatic carbocycles. The number of carboxylic acid groups (broad SMARTS) is 1. The van der Waals surface area contributed by atoms with Gasteiger partial charge in [0.25, 0.3) is 5.91 Å². The minimum Gasteiger partial charge on any atom is -0.476 e. The third-order valence-corrected chi connectivity index (χ3v) is 0.936. The Morgan fingerprint density at radius 2 is 2.30 bits per heavy atom. The summed E-state index contributed by atoms with van der Waals surface area (Å²) in [5.41, 5.74) is 0.703. The van der Waals surface area contributed by atoms with E-state index in [0.717, 1.165) is 0 Å². The van der Waals surface area contributed by atoms with Crippen LogP contribution in [0.25, 0.3) is 0 Å². The zero-order valence-corrected chi connectivity index (χ0v) is 4.71. The van der Waals surface area contributed by atoms with Crippen molar-refractivity contribution in [3.63, 3.8) is 0 Å². The molecule has 0 atom stereocenters. The monoisotopic (exact) mass is 141 g/mol. The topological polar surface area (TPSA) is 103 Å². The maximum absolute atomic E-state index is 10.4. The summed E-state index contributed by atoms with van der Waals surface area (Å²) in [7, 11) is 0. The Bertz CT molecular complexity index is 254. The van der Waals surface area contributed by atoms with Crippen LogP contribution in [0.2, 0.25) is 0 Å². The number of carbonyl (C=O) groups excluding carboxylic acids is 1. The minimum atomic E-state index is -1.37. The second-order valence-electron chi connectivity index (χ2n) is 1.58. The van der Waals surface area contributed by atoms with Crippen LogP contribution in [0.15, 0.2) is 5.10 Å². The van der Waals surface area contributed by atoms with E-state index in [-0.39, 0.29) is 0 Å². The Hall–Kier alpha value is -1.72. The van der Waals surface area contributed by atoms with Crippen LogP contribution in [0.3, 0.4) is 0 Å². The molecule has 1 aliphatic heterocycles.